The fourth-order valence-corrected chi connectivity index (χ4v) is 2.55. The van der Waals surface area contributed by atoms with Crippen molar-refractivity contribution in [3.63, 3.8) is 0 Å². The van der Waals surface area contributed by atoms with Crippen LogP contribution in [-0.4, -0.2) is 20.7 Å². The molecule has 82 valence electrons. The Morgan fingerprint density at radius 3 is 2.93 bits per heavy atom. The summed E-state index contributed by atoms with van der Waals surface area (Å²) >= 11 is 0. The van der Waals surface area contributed by atoms with E-state index >= 15 is 0 Å². The third kappa shape index (κ3) is 1.86. The molecule has 0 radical (unpaired) electrons. The van der Waals surface area contributed by atoms with Crippen LogP contribution >= 0.6 is 0 Å². The minimum absolute atomic E-state index is 0.665. The third-order valence-electron chi connectivity index (χ3n) is 3.50. The predicted octanol–water partition coefficient (Wildman–Crippen LogP) is 2.19. The second-order valence-corrected chi connectivity index (χ2v) is 4.38. The van der Waals surface area contributed by atoms with E-state index in [1.165, 1.54) is 17.5 Å². The van der Waals surface area contributed by atoms with Gasteiger partial charge in [-0.2, -0.15) is 0 Å². The third-order valence-corrected chi connectivity index (χ3v) is 3.50. The Morgan fingerprint density at radius 1 is 1.47 bits per heavy atom. The number of methoxy groups -OCH3 is 1. The summed E-state index contributed by atoms with van der Waals surface area (Å²) in [5, 5.41) is 3.27. The maximum absolute atomic E-state index is 5.25. The highest BCUT2D eigenvalue weighted by Gasteiger charge is 2.28. The molecule has 1 N–H and O–H groups in total. The Bertz CT molecular complexity index is 348. The summed E-state index contributed by atoms with van der Waals surface area (Å²) in [6, 6.07) is 6.47. The highest BCUT2D eigenvalue weighted by Crippen LogP contribution is 2.38. The van der Waals surface area contributed by atoms with E-state index in [-0.39, 0.29) is 0 Å². The zero-order valence-corrected chi connectivity index (χ0v) is 9.71. The molecule has 0 fully saturated rings. The number of fused-ring (bicyclic) bond motifs is 1. The van der Waals surface area contributed by atoms with E-state index in [1.807, 2.05) is 7.05 Å². The van der Waals surface area contributed by atoms with Crippen molar-refractivity contribution in [2.75, 3.05) is 20.7 Å². The van der Waals surface area contributed by atoms with Gasteiger partial charge in [0, 0.05) is 0 Å². The van der Waals surface area contributed by atoms with E-state index in [2.05, 4.69) is 30.4 Å². The molecular formula is C13H19NO. The zero-order valence-electron chi connectivity index (χ0n) is 9.71. The van der Waals surface area contributed by atoms with Crippen molar-refractivity contribution >= 4 is 0 Å². The van der Waals surface area contributed by atoms with Crippen LogP contribution < -0.4 is 10.1 Å². The molecule has 2 nitrogen and oxygen atoms in total. The van der Waals surface area contributed by atoms with Crippen molar-refractivity contribution in [3.8, 4) is 5.75 Å². The van der Waals surface area contributed by atoms with Crippen LogP contribution in [0, 0.1) is 5.92 Å². The van der Waals surface area contributed by atoms with Crippen molar-refractivity contribution < 1.29 is 4.74 Å². The molecule has 0 saturated carbocycles. The first-order valence-electron chi connectivity index (χ1n) is 5.57. The van der Waals surface area contributed by atoms with Gasteiger partial charge in [0.25, 0.3) is 0 Å². The first-order valence-corrected chi connectivity index (χ1v) is 5.57. The maximum Gasteiger partial charge on any atom is 0.119 e. The molecule has 2 atom stereocenters. The van der Waals surface area contributed by atoms with Gasteiger partial charge in [0.1, 0.15) is 5.75 Å². The van der Waals surface area contributed by atoms with E-state index in [9.17, 15) is 0 Å². The summed E-state index contributed by atoms with van der Waals surface area (Å²) in [6.45, 7) is 3.42. The summed E-state index contributed by atoms with van der Waals surface area (Å²) in [5.74, 6) is 2.38. The van der Waals surface area contributed by atoms with Crippen LogP contribution in [0.2, 0.25) is 0 Å². The molecule has 0 bridgehead atoms. The number of benzene rings is 1. The Morgan fingerprint density at radius 2 is 2.27 bits per heavy atom. The number of hydrogen-bond donors (Lipinski definition) is 1. The molecule has 15 heavy (non-hydrogen) atoms. The molecule has 0 aromatic heterocycles. The molecule has 0 spiro atoms. The second-order valence-electron chi connectivity index (χ2n) is 4.38. The minimum Gasteiger partial charge on any atom is -0.497 e. The minimum atomic E-state index is 0.665. The van der Waals surface area contributed by atoms with Gasteiger partial charge in [-0.3, -0.25) is 0 Å². The number of nitrogens with one attached hydrogen (secondary N) is 1. The van der Waals surface area contributed by atoms with Gasteiger partial charge in [0.15, 0.2) is 0 Å². The van der Waals surface area contributed by atoms with Crippen molar-refractivity contribution in [3.05, 3.63) is 29.3 Å². The van der Waals surface area contributed by atoms with E-state index in [0.29, 0.717) is 5.92 Å². The van der Waals surface area contributed by atoms with Crippen molar-refractivity contribution in [2.24, 2.45) is 5.92 Å². The molecule has 0 aliphatic heterocycles. The lowest BCUT2D eigenvalue weighted by atomic mass is 9.95. The van der Waals surface area contributed by atoms with Crippen molar-refractivity contribution in [2.45, 2.75) is 19.3 Å². The Labute approximate surface area is 91.6 Å². The van der Waals surface area contributed by atoms with Gasteiger partial charge in [-0.05, 0) is 55.1 Å². The maximum atomic E-state index is 5.25. The second kappa shape index (κ2) is 4.23. The first kappa shape index (κ1) is 10.5. The van der Waals surface area contributed by atoms with Gasteiger partial charge < -0.3 is 10.1 Å². The number of rotatable bonds is 3. The molecule has 0 heterocycles. The van der Waals surface area contributed by atoms with Crippen LogP contribution in [0.25, 0.3) is 0 Å². The summed E-state index contributed by atoms with van der Waals surface area (Å²) in [5.41, 5.74) is 2.96. The van der Waals surface area contributed by atoms with Crippen molar-refractivity contribution in [1.29, 1.82) is 0 Å². The molecule has 2 unspecified atom stereocenters. The number of hydrogen-bond acceptors (Lipinski definition) is 2. The predicted molar refractivity (Wildman–Crippen MR) is 62.5 cm³/mol. The van der Waals surface area contributed by atoms with Crippen LogP contribution in [0.4, 0.5) is 0 Å². The lowest BCUT2D eigenvalue weighted by Crippen LogP contribution is -2.20. The largest absolute Gasteiger partial charge is 0.497 e. The van der Waals surface area contributed by atoms with Gasteiger partial charge in [0.05, 0.1) is 7.11 Å². The van der Waals surface area contributed by atoms with Crippen molar-refractivity contribution in [1.82, 2.24) is 5.32 Å². The summed E-state index contributed by atoms with van der Waals surface area (Å²) in [4.78, 5) is 0. The lowest BCUT2D eigenvalue weighted by molar-refractivity contribution is 0.414. The van der Waals surface area contributed by atoms with Crippen LogP contribution in [0.1, 0.15) is 24.0 Å². The van der Waals surface area contributed by atoms with E-state index in [0.717, 1.165) is 18.2 Å². The van der Waals surface area contributed by atoms with Gasteiger partial charge in [0.2, 0.25) is 0 Å². The normalized spacial score (nSPS) is 23.9. The van der Waals surface area contributed by atoms with E-state index in [4.69, 9.17) is 4.74 Å². The fraction of sp³-hybridized carbons (Fsp3) is 0.538. The molecule has 0 amide bonds. The first-order chi connectivity index (χ1) is 7.26. The Balaban J connectivity index is 2.24. The van der Waals surface area contributed by atoms with Gasteiger partial charge in [-0.25, -0.2) is 0 Å². The topological polar surface area (TPSA) is 21.3 Å². The van der Waals surface area contributed by atoms with Gasteiger partial charge in [-0.15, -0.1) is 0 Å². The molecule has 2 rings (SSSR count). The summed E-state index contributed by atoms with van der Waals surface area (Å²) in [6.07, 6.45) is 1.18. The molecule has 2 heteroatoms. The van der Waals surface area contributed by atoms with Crippen LogP contribution in [-0.2, 0) is 6.42 Å². The van der Waals surface area contributed by atoms with E-state index < -0.39 is 0 Å². The van der Waals surface area contributed by atoms with Gasteiger partial charge in [-0.1, -0.05) is 13.0 Å². The number of ether oxygens (including phenoxy) is 1. The SMILES string of the molecule is CNCC1Cc2cc(OC)ccc2C1C. The summed E-state index contributed by atoms with van der Waals surface area (Å²) in [7, 11) is 3.75. The zero-order chi connectivity index (χ0) is 10.8. The van der Waals surface area contributed by atoms with Crippen LogP contribution in [0.15, 0.2) is 18.2 Å². The average Bonchev–Trinajstić information content (AvgIpc) is 2.56. The molecule has 1 aromatic carbocycles. The van der Waals surface area contributed by atoms with Crippen LogP contribution in [0.5, 0.6) is 5.75 Å². The van der Waals surface area contributed by atoms with Gasteiger partial charge >= 0.3 is 0 Å². The molecule has 1 aliphatic carbocycles. The molecule has 0 saturated heterocycles. The molecule has 1 aromatic rings. The standard InChI is InChI=1S/C13H19NO/c1-9-11(8-14-2)6-10-7-12(15-3)4-5-13(9)10/h4-5,7,9,11,14H,6,8H2,1-3H3. The highest BCUT2D eigenvalue weighted by atomic mass is 16.5. The van der Waals surface area contributed by atoms with E-state index in [1.54, 1.807) is 7.11 Å². The molecule has 1 aliphatic rings. The highest BCUT2D eigenvalue weighted by molar-refractivity contribution is 5.41. The lowest BCUT2D eigenvalue weighted by Gasteiger charge is -2.14. The average molecular weight is 205 g/mol. The Hall–Kier alpha value is -1.02. The monoisotopic (exact) mass is 205 g/mol. The molecular weight excluding hydrogens is 186 g/mol. The van der Waals surface area contributed by atoms with Crippen LogP contribution in [0.3, 0.4) is 0 Å². The Kier molecular flexibility index (Phi) is 2.96. The quantitative estimate of drug-likeness (QED) is 0.816. The smallest absolute Gasteiger partial charge is 0.119 e. The fourth-order valence-electron chi connectivity index (χ4n) is 2.55. The summed E-state index contributed by atoms with van der Waals surface area (Å²) < 4.78 is 5.25.